The molecule has 106 valence electrons. The average Bonchev–Trinajstić information content (AvgIpc) is 2.90. The Morgan fingerprint density at radius 1 is 1.20 bits per heavy atom. The number of hydrogen-bond donors (Lipinski definition) is 1. The first-order valence-corrected chi connectivity index (χ1v) is 8.05. The zero-order valence-electron chi connectivity index (χ0n) is 11.5. The smallest absolute Gasteiger partial charge is 0.0972 e. The molecule has 0 amide bonds. The summed E-state index contributed by atoms with van der Waals surface area (Å²) in [5.74, 6) is 0. The highest BCUT2D eigenvalue weighted by atomic mass is 32.1. The average molecular weight is 288 g/mol. The van der Waals surface area contributed by atoms with Gasteiger partial charge in [-0.15, -0.1) is 11.3 Å². The molecular formula is C16H20N2OS. The van der Waals surface area contributed by atoms with Crippen LogP contribution in [-0.4, -0.2) is 34.2 Å². The van der Waals surface area contributed by atoms with Gasteiger partial charge < -0.3 is 5.11 Å². The molecule has 1 fully saturated rings. The number of likely N-dealkylation sites (tertiary alicyclic amines) is 1. The molecule has 0 spiro atoms. The van der Waals surface area contributed by atoms with Gasteiger partial charge in [-0.3, -0.25) is 4.90 Å². The third-order valence-corrected chi connectivity index (χ3v) is 4.64. The van der Waals surface area contributed by atoms with Gasteiger partial charge in [0.15, 0.2) is 0 Å². The molecule has 1 aliphatic rings. The lowest BCUT2D eigenvalue weighted by Gasteiger charge is -2.28. The highest BCUT2D eigenvalue weighted by molar-refractivity contribution is 7.09. The van der Waals surface area contributed by atoms with Gasteiger partial charge in [-0.05, 0) is 18.4 Å². The summed E-state index contributed by atoms with van der Waals surface area (Å²) in [5.41, 5.74) is 2.48. The largest absolute Gasteiger partial charge is 0.393 e. The molecule has 2 heterocycles. The lowest BCUT2D eigenvalue weighted by atomic mass is 10.1. The minimum atomic E-state index is -0.102. The lowest BCUT2D eigenvalue weighted by molar-refractivity contribution is 0.0787. The minimum absolute atomic E-state index is 0.102. The molecule has 2 aromatic rings. The van der Waals surface area contributed by atoms with Crippen LogP contribution in [0.1, 0.15) is 29.1 Å². The van der Waals surface area contributed by atoms with E-state index in [0.29, 0.717) is 0 Å². The van der Waals surface area contributed by atoms with Crippen molar-refractivity contribution in [2.45, 2.75) is 31.9 Å². The molecule has 0 saturated carbocycles. The summed E-state index contributed by atoms with van der Waals surface area (Å²) in [6, 6.07) is 10.5. The second-order valence-corrected chi connectivity index (χ2v) is 6.34. The summed E-state index contributed by atoms with van der Waals surface area (Å²) in [7, 11) is 0. The van der Waals surface area contributed by atoms with E-state index in [0.717, 1.165) is 44.6 Å². The van der Waals surface area contributed by atoms with Crippen LogP contribution < -0.4 is 0 Å². The number of hydrogen-bond acceptors (Lipinski definition) is 4. The Hall–Kier alpha value is -1.23. The molecule has 3 nitrogen and oxygen atoms in total. The van der Waals surface area contributed by atoms with Crippen LogP contribution in [0.5, 0.6) is 0 Å². The van der Waals surface area contributed by atoms with Crippen LogP contribution in [0.3, 0.4) is 0 Å². The van der Waals surface area contributed by atoms with Crippen molar-refractivity contribution in [2.24, 2.45) is 0 Å². The highest BCUT2D eigenvalue weighted by Gasteiger charge is 2.17. The minimum Gasteiger partial charge on any atom is -0.393 e. The van der Waals surface area contributed by atoms with Crippen LogP contribution in [-0.2, 0) is 13.0 Å². The monoisotopic (exact) mass is 288 g/mol. The van der Waals surface area contributed by atoms with Gasteiger partial charge >= 0.3 is 0 Å². The van der Waals surface area contributed by atoms with Crippen molar-refractivity contribution in [2.75, 3.05) is 13.1 Å². The van der Waals surface area contributed by atoms with E-state index in [9.17, 15) is 5.11 Å². The second-order valence-electron chi connectivity index (χ2n) is 5.40. The third-order valence-electron chi connectivity index (χ3n) is 3.74. The van der Waals surface area contributed by atoms with Crippen molar-refractivity contribution in [3.8, 4) is 0 Å². The van der Waals surface area contributed by atoms with E-state index in [1.165, 1.54) is 10.6 Å². The quantitative estimate of drug-likeness (QED) is 0.939. The summed E-state index contributed by atoms with van der Waals surface area (Å²) in [6.45, 7) is 2.87. The van der Waals surface area contributed by atoms with E-state index in [2.05, 4.69) is 34.5 Å². The van der Waals surface area contributed by atoms with Crippen molar-refractivity contribution < 1.29 is 5.11 Å². The number of aliphatic hydroxyl groups is 1. The molecule has 1 aliphatic heterocycles. The Morgan fingerprint density at radius 2 is 1.95 bits per heavy atom. The number of nitrogens with zero attached hydrogens (tertiary/aromatic N) is 2. The number of aliphatic hydroxyl groups excluding tert-OH is 1. The van der Waals surface area contributed by atoms with Crippen LogP contribution in [0, 0.1) is 0 Å². The summed E-state index contributed by atoms with van der Waals surface area (Å²) < 4.78 is 0. The molecule has 1 aromatic carbocycles. The zero-order valence-corrected chi connectivity index (χ0v) is 12.4. The predicted molar refractivity (Wildman–Crippen MR) is 81.9 cm³/mol. The molecular weight excluding hydrogens is 268 g/mol. The topological polar surface area (TPSA) is 36.4 Å². The van der Waals surface area contributed by atoms with Crippen LogP contribution in [0.15, 0.2) is 35.7 Å². The van der Waals surface area contributed by atoms with E-state index >= 15 is 0 Å². The molecule has 0 radical (unpaired) electrons. The fourth-order valence-electron chi connectivity index (χ4n) is 2.58. The first kappa shape index (κ1) is 13.7. The molecule has 1 aromatic heterocycles. The van der Waals surface area contributed by atoms with Crippen LogP contribution in [0.25, 0.3) is 0 Å². The van der Waals surface area contributed by atoms with Crippen molar-refractivity contribution >= 4 is 11.3 Å². The van der Waals surface area contributed by atoms with Crippen molar-refractivity contribution in [1.82, 2.24) is 9.88 Å². The van der Waals surface area contributed by atoms with Gasteiger partial charge in [-0.25, -0.2) is 4.98 Å². The van der Waals surface area contributed by atoms with E-state index < -0.39 is 0 Å². The highest BCUT2D eigenvalue weighted by Crippen LogP contribution is 2.18. The summed E-state index contributed by atoms with van der Waals surface area (Å²) in [5, 5.41) is 12.9. The maximum Gasteiger partial charge on any atom is 0.0972 e. The number of aromatic nitrogens is 1. The van der Waals surface area contributed by atoms with Crippen LogP contribution in [0.4, 0.5) is 0 Å². The first-order chi connectivity index (χ1) is 9.79. The molecule has 0 aliphatic carbocycles. The van der Waals surface area contributed by atoms with E-state index in [1.54, 1.807) is 11.3 Å². The zero-order chi connectivity index (χ0) is 13.8. The standard InChI is InChI=1S/C16H20N2OS/c19-15-6-8-18(9-7-15)11-14-12-20-16(17-14)10-13-4-2-1-3-5-13/h1-5,12,15,19H,6-11H2. The van der Waals surface area contributed by atoms with E-state index in [4.69, 9.17) is 4.98 Å². The predicted octanol–water partition coefficient (Wildman–Crippen LogP) is 2.69. The van der Waals surface area contributed by atoms with Gasteiger partial charge in [0, 0.05) is 31.4 Å². The van der Waals surface area contributed by atoms with Crippen LogP contribution in [0.2, 0.25) is 0 Å². The van der Waals surface area contributed by atoms with Crippen molar-refractivity contribution in [3.63, 3.8) is 0 Å². The molecule has 0 unspecified atom stereocenters. The third kappa shape index (κ3) is 3.66. The summed E-state index contributed by atoms with van der Waals surface area (Å²) >= 11 is 1.75. The van der Waals surface area contributed by atoms with Crippen molar-refractivity contribution in [3.05, 3.63) is 52.0 Å². The summed E-state index contributed by atoms with van der Waals surface area (Å²) in [6.07, 6.45) is 2.60. The van der Waals surface area contributed by atoms with E-state index in [1.807, 2.05) is 6.07 Å². The van der Waals surface area contributed by atoms with Gasteiger partial charge in [-0.1, -0.05) is 30.3 Å². The van der Waals surface area contributed by atoms with Gasteiger partial charge in [0.05, 0.1) is 16.8 Å². The molecule has 1 saturated heterocycles. The van der Waals surface area contributed by atoms with Gasteiger partial charge in [0.25, 0.3) is 0 Å². The number of rotatable bonds is 4. The fourth-order valence-corrected chi connectivity index (χ4v) is 3.40. The Morgan fingerprint density at radius 3 is 2.70 bits per heavy atom. The second kappa shape index (κ2) is 6.48. The Labute approximate surface area is 123 Å². The van der Waals surface area contributed by atoms with Crippen LogP contribution >= 0.6 is 11.3 Å². The maximum absolute atomic E-state index is 9.52. The Bertz CT molecular complexity index is 532. The normalized spacial score (nSPS) is 17.4. The van der Waals surface area contributed by atoms with Gasteiger partial charge in [0.2, 0.25) is 0 Å². The van der Waals surface area contributed by atoms with Gasteiger partial charge in [-0.2, -0.15) is 0 Å². The molecule has 0 bridgehead atoms. The molecule has 3 rings (SSSR count). The lowest BCUT2D eigenvalue weighted by Crippen LogP contribution is -2.35. The Kier molecular flexibility index (Phi) is 4.45. The fraction of sp³-hybridized carbons (Fsp3) is 0.438. The SMILES string of the molecule is OC1CCN(Cc2csc(Cc3ccccc3)n2)CC1. The number of thiazole rings is 1. The Balaban J connectivity index is 1.57. The molecule has 1 N–H and O–H groups in total. The maximum atomic E-state index is 9.52. The molecule has 4 heteroatoms. The molecule has 20 heavy (non-hydrogen) atoms. The first-order valence-electron chi connectivity index (χ1n) is 7.17. The summed E-state index contributed by atoms with van der Waals surface area (Å²) in [4.78, 5) is 7.12. The molecule has 0 atom stereocenters. The van der Waals surface area contributed by atoms with Crippen molar-refractivity contribution in [1.29, 1.82) is 0 Å². The number of benzene rings is 1. The van der Waals surface area contributed by atoms with Gasteiger partial charge in [0.1, 0.15) is 0 Å². The number of piperidine rings is 1. The van der Waals surface area contributed by atoms with E-state index in [-0.39, 0.29) is 6.10 Å².